The second-order valence-corrected chi connectivity index (χ2v) is 6.55. The van der Waals surface area contributed by atoms with Crippen molar-refractivity contribution in [3.63, 3.8) is 0 Å². The van der Waals surface area contributed by atoms with E-state index in [4.69, 9.17) is 4.42 Å². The van der Waals surface area contributed by atoms with Crippen LogP contribution in [-0.4, -0.2) is 10.5 Å². The van der Waals surface area contributed by atoms with Gasteiger partial charge in [0.2, 0.25) is 0 Å². The fourth-order valence-corrected chi connectivity index (χ4v) is 3.24. The summed E-state index contributed by atoms with van der Waals surface area (Å²) < 4.78 is 5.64. The molecule has 1 heterocycles. The van der Waals surface area contributed by atoms with Gasteiger partial charge >= 0.3 is 0 Å². The Morgan fingerprint density at radius 2 is 2.06 bits per heavy atom. The van der Waals surface area contributed by atoms with Gasteiger partial charge in [-0.05, 0) is 45.4 Å². The minimum Gasteiger partial charge on any atom is -0.448 e. The molecule has 1 N–H and O–H groups in total. The van der Waals surface area contributed by atoms with Crippen LogP contribution < -0.4 is 5.32 Å². The van der Waals surface area contributed by atoms with E-state index in [1.54, 1.807) is 6.39 Å². The highest BCUT2D eigenvalue weighted by atomic mass is 16.3. The van der Waals surface area contributed by atoms with Gasteiger partial charge in [0.15, 0.2) is 6.39 Å². The number of nitrogens with zero attached hydrogens (tertiary/aromatic N) is 1. The third-order valence-corrected chi connectivity index (χ3v) is 4.17. The van der Waals surface area contributed by atoms with E-state index in [2.05, 4.69) is 31.1 Å². The van der Waals surface area contributed by atoms with Crippen LogP contribution in [0.1, 0.15) is 57.4 Å². The van der Waals surface area contributed by atoms with E-state index < -0.39 is 0 Å². The lowest BCUT2D eigenvalue weighted by Gasteiger charge is -2.19. The number of hydrogen-bond donors (Lipinski definition) is 1. The molecule has 0 aliphatic heterocycles. The minimum atomic E-state index is 0.135. The van der Waals surface area contributed by atoms with Gasteiger partial charge in [0.25, 0.3) is 0 Å². The summed E-state index contributed by atoms with van der Waals surface area (Å²) in [7, 11) is 0. The average Bonchev–Trinajstić information content (AvgIpc) is 2.73. The lowest BCUT2D eigenvalue weighted by atomic mass is 10.1. The Kier molecular flexibility index (Phi) is 2.54. The monoisotopic (exact) mass is 234 g/mol. The molecule has 2 unspecified atom stereocenters. The van der Waals surface area contributed by atoms with Gasteiger partial charge in [0, 0.05) is 18.0 Å². The maximum Gasteiger partial charge on any atom is 0.181 e. The summed E-state index contributed by atoms with van der Waals surface area (Å²) in [6.45, 7) is 7.36. The number of oxazole rings is 1. The average molecular weight is 234 g/mol. The van der Waals surface area contributed by atoms with Crippen molar-refractivity contribution in [1.29, 1.82) is 0 Å². The van der Waals surface area contributed by atoms with Crippen LogP contribution in [0.5, 0.6) is 0 Å². The van der Waals surface area contributed by atoms with Gasteiger partial charge in [-0.25, -0.2) is 4.98 Å². The molecule has 2 aliphatic rings. The zero-order valence-corrected chi connectivity index (χ0v) is 11.0. The molecule has 17 heavy (non-hydrogen) atoms. The van der Waals surface area contributed by atoms with E-state index in [0.29, 0.717) is 5.92 Å². The van der Waals surface area contributed by atoms with Gasteiger partial charge in [-0.2, -0.15) is 0 Å². The molecule has 2 fully saturated rings. The van der Waals surface area contributed by atoms with Crippen molar-refractivity contribution in [2.24, 2.45) is 11.8 Å². The van der Waals surface area contributed by atoms with E-state index >= 15 is 0 Å². The van der Waals surface area contributed by atoms with Crippen molar-refractivity contribution in [2.45, 2.75) is 58.0 Å². The lowest BCUT2D eigenvalue weighted by molar-refractivity contribution is 0.415. The van der Waals surface area contributed by atoms with Crippen LogP contribution >= 0.6 is 0 Å². The molecule has 0 saturated heterocycles. The second-order valence-electron chi connectivity index (χ2n) is 6.55. The molecule has 0 bridgehead atoms. The smallest absolute Gasteiger partial charge is 0.181 e. The number of rotatable bonds is 3. The molecule has 94 valence electrons. The fraction of sp³-hybridized carbons (Fsp3) is 0.786. The molecule has 3 nitrogen and oxygen atoms in total. The molecule has 2 aliphatic carbocycles. The zero-order valence-electron chi connectivity index (χ0n) is 11.0. The summed E-state index contributed by atoms with van der Waals surface area (Å²) in [4.78, 5) is 4.38. The van der Waals surface area contributed by atoms with Crippen LogP contribution in [0.25, 0.3) is 0 Å². The Bertz CT molecular complexity index is 395. The molecule has 2 saturated carbocycles. The first-order valence-electron chi connectivity index (χ1n) is 6.73. The summed E-state index contributed by atoms with van der Waals surface area (Å²) >= 11 is 0. The van der Waals surface area contributed by atoms with Gasteiger partial charge in [-0.15, -0.1) is 0 Å². The van der Waals surface area contributed by atoms with E-state index in [9.17, 15) is 0 Å². The summed E-state index contributed by atoms with van der Waals surface area (Å²) in [5.41, 5.74) is 1.26. The third-order valence-electron chi connectivity index (χ3n) is 4.17. The summed E-state index contributed by atoms with van der Waals surface area (Å²) in [5.74, 6) is 3.65. The molecule has 0 aromatic carbocycles. The largest absolute Gasteiger partial charge is 0.448 e. The molecule has 1 aromatic heterocycles. The van der Waals surface area contributed by atoms with Crippen molar-refractivity contribution in [3.8, 4) is 0 Å². The van der Waals surface area contributed by atoms with E-state index in [1.165, 1.54) is 19.3 Å². The van der Waals surface area contributed by atoms with E-state index in [-0.39, 0.29) is 5.54 Å². The fourth-order valence-electron chi connectivity index (χ4n) is 3.24. The number of nitrogens with one attached hydrogen (secondary N) is 1. The lowest BCUT2D eigenvalue weighted by Crippen LogP contribution is -2.35. The van der Waals surface area contributed by atoms with Gasteiger partial charge in [0.05, 0.1) is 5.69 Å². The van der Waals surface area contributed by atoms with Crippen LogP contribution in [-0.2, 0) is 6.54 Å². The van der Waals surface area contributed by atoms with Crippen molar-refractivity contribution in [2.75, 3.05) is 0 Å². The summed E-state index contributed by atoms with van der Waals surface area (Å²) in [5, 5.41) is 3.49. The second kappa shape index (κ2) is 3.84. The highest BCUT2D eigenvalue weighted by Crippen LogP contribution is 2.63. The number of fused-ring (bicyclic) bond motifs is 1. The molecular formula is C14H22N2O. The van der Waals surface area contributed by atoms with Crippen molar-refractivity contribution in [1.82, 2.24) is 10.3 Å². The standard InChI is InChI=1S/C14H22N2O/c1-14(2,3)16-7-11-13(17-8-15-11)12-9-5-4-6-10(9)12/h8-10,12,16H,4-7H2,1-3H3. The highest BCUT2D eigenvalue weighted by Gasteiger charge is 2.55. The maximum absolute atomic E-state index is 5.64. The first kappa shape index (κ1) is 11.3. The van der Waals surface area contributed by atoms with Crippen LogP contribution in [0.15, 0.2) is 10.8 Å². The highest BCUT2D eigenvalue weighted by molar-refractivity contribution is 5.25. The van der Waals surface area contributed by atoms with Crippen molar-refractivity contribution in [3.05, 3.63) is 17.8 Å². The van der Waals surface area contributed by atoms with Crippen molar-refractivity contribution < 1.29 is 4.42 Å². The van der Waals surface area contributed by atoms with Gasteiger partial charge in [-0.1, -0.05) is 6.42 Å². The first-order valence-corrected chi connectivity index (χ1v) is 6.73. The summed E-state index contributed by atoms with van der Waals surface area (Å²) in [6.07, 6.45) is 5.81. The Morgan fingerprint density at radius 1 is 1.35 bits per heavy atom. The van der Waals surface area contributed by atoms with Gasteiger partial charge in [-0.3, -0.25) is 0 Å². The van der Waals surface area contributed by atoms with Crippen LogP contribution in [0.4, 0.5) is 0 Å². The normalized spacial score (nSPS) is 31.6. The Hall–Kier alpha value is -0.830. The van der Waals surface area contributed by atoms with E-state index in [1.807, 2.05) is 0 Å². The van der Waals surface area contributed by atoms with Gasteiger partial charge in [0.1, 0.15) is 5.76 Å². The molecule has 3 rings (SSSR count). The molecule has 2 atom stereocenters. The van der Waals surface area contributed by atoms with Crippen LogP contribution in [0.3, 0.4) is 0 Å². The zero-order chi connectivity index (χ0) is 12.0. The Balaban J connectivity index is 1.68. The van der Waals surface area contributed by atoms with E-state index in [0.717, 1.165) is 29.8 Å². The molecule has 0 spiro atoms. The predicted molar refractivity (Wildman–Crippen MR) is 66.7 cm³/mol. The minimum absolute atomic E-state index is 0.135. The molecule has 0 radical (unpaired) electrons. The summed E-state index contributed by atoms with van der Waals surface area (Å²) in [6, 6.07) is 0. The first-order chi connectivity index (χ1) is 8.06. The van der Waals surface area contributed by atoms with Crippen molar-refractivity contribution >= 4 is 0 Å². The van der Waals surface area contributed by atoms with Gasteiger partial charge < -0.3 is 9.73 Å². The topological polar surface area (TPSA) is 38.1 Å². The third kappa shape index (κ3) is 2.13. The Labute approximate surface area is 103 Å². The molecular weight excluding hydrogens is 212 g/mol. The van der Waals surface area contributed by atoms with Crippen LogP contribution in [0.2, 0.25) is 0 Å². The number of aromatic nitrogens is 1. The molecule has 3 heteroatoms. The SMILES string of the molecule is CC(C)(C)NCc1ncoc1C1C2CCCC21. The maximum atomic E-state index is 5.64. The van der Waals surface area contributed by atoms with Crippen LogP contribution in [0, 0.1) is 11.8 Å². The predicted octanol–water partition coefficient (Wildman–Crippen LogP) is 3.08. The molecule has 0 amide bonds. The quantitative estimate of drug-likeness (QED) is 0.873. The Morgan fingerprint density at radius 3 is 2.71 bits per heavy atom. The number of hydrogen-bond acceptors (Lipinski definition) is 3. The molecule has 1 aromatic rings.